The minimum absolute atomic E-state index is 0. The maximum Gasteiger partial charge on any atom is 0.408 e. The predicted octanol–water partition coefficient (Wildman–Crippen LogP) is 3.65. The van der Waals surface area contributed by atoms with Crippen LogP contribution in [0.3, 0.4) is 0 Å². The van der Waals surface area contributed by atoms with Crippen LogP contribution in [0.1, 0.15) is 36.7 Å². The number of nitrogens with zero attached hydrogens (tertiary/aromatic N) is 1. The molecule has 1 atom stereocenters. The van der Waals surface area contributed by atoms with E-state index in [-0.39, 0.29) is 37.9 Å². The number of benzene rings is 2. The normalized spacial score (nSPS) is 13.3. The van der Waals surface area contributed by atoms with Gasteiger partial charge in [-0.1, -0.05) is 42.5 Å². The Kier molecular flexibility index (Phi) is 11.2. The molecule has 1 unspecified atom stereocenters. The highest BCUT2D eigenvalue weighted by Crippen LogP contribution is 2.24. The summed E-state index contributed by atoms with van der Waals surface area (Å²) in [5.41, 5.74) is 1.81. The van der Waals surface area contributed by atoms with Gasteiger partial charge in [0.15, 0.2) is 5.96 Å². The largest absolute Gasteiger partial charge is 0.468 e. The van der Waals surface area contributed by atoms with Crippen LogP contribution >= 0.6 is 12.4 Å². The second-order valence-corrected chi connectivity index (χ2v) is 8.85. The van der Waals surface area contributed by atoms with E-state index in [1.807, 2.05) is 48.5 Å². The number of carbonyl (C=O) groups excluding carboxylic acids is 3. The molecule has 208 valence electrons. The van der Waals surface area contributed by atoms with Crippen LogP contribution < -0.4 is 16.0 Å². The number of nitrogens with one attached hydrogen (secondary N) is 3. The molecule has 0 saturated heterocycles. The number of aryl methyl sites for hydroxylation is 1. The molecular weight excluding hydrogens is 524 g/mol. The van der Waals surface area contributed by atoms with Gasteiger partial charge in [-0.3, -0.25) is 15.1 Å². The summed E-state index contributed by atoms with van der Waals surface area (Å²) >= 11 is 0. The molecule has 4 rings (SSSR count). The number of ether oxygens (including phenoxy) is 2. The highest BCUT2D eigenvalue weighted by Gasteiger charge is 2.26. The lowest BCUT2D eigenvalue weighted by molar-refractivity contribution is -0.145. The Labute approximate surface area is 232 Å². The number of carbonyl (C=O) groups is 3. The van der Waals surface area contributed by atoms with Crippen molar-refractivity contribution in [3.05, 3.63) is 71.7 Å². The van der Waals surface area contributed by atoms with E-state index < -0.39 is 18.1 Å². The molecule has 3 aromatic rings. The summed E-state index contributed by atoms with van der Waals surface area (Å²) in [5.74, 6) is 0.388. The van der Waals surface area contributed by atoms with Gasteiger partial charge in [-0.25, -0.2) is 9.59 Å². The molecule has 2 amide bonds. The van der Waals surface area contributed by atoms with Crippen molar-refractivity contribution in [3.8, 4) is 0 Å². The molecule has 1 aliphatic rings. The van der Waals surface area contributed by atoms with E-state index in [9.17, 15) is 14.4 Å². The van der Waals surface area contributed by atoms with Crippen molar-refractivity contribution in [1.29, 1.82) is 0 Å². The zero-order valence-corrected chi connectivity index (χ0v) is 22.6. The maximum absolute atomic E-state index is 12.6. The van der Waals surface area contributed by atoms with Gasteiger partial charge in [0.2, 0.25) is 5.91 Å². The Balaban J connectivity index is 0.00000420. The molecule has 39 heavy (non-hydrogen) atoms. The average molecular weight is 557 g/mol. The van der Waals surface area contributed by atoms with Crippen molar-refractivity contribution >= 4 is 47.1 Å². The standard InChI is InChI=1S/C28H32N4O6.ClH/c1-2-36-26(34)23(31-28(35)38-17-20-7-4-3-5-8-20)16-24-22-11-9-19(15-21(22)18-37-24)10-12-25(33)32-27-29-13-6-14-30-27;/h3-5,7-9,11,15,18,23H,2,6,10,12-14,16-17H2,1H3,(H,31,35)(H2,29,30,32,33);1H. The molecule has 11 heteroatoms. The van der Waals surface area contributed by atoms with E-state index in [1.54, 1.807) is 13.2 Å². The number of esters is 1. The molecule has 0 fully saturated rings. The number of amides is 2. The van der Waals surface area contributed by atoms with Gasteiger partial charge < -0.3 is 24.5 Å². The van der Waals surface area contributed by atoms with E-state index in [0.29, 0.717) is 31.1 Å². The van der Waals surface area contributed by atoms with Crippen LogP contribution in [0.15, 0.2) is 64.2 Å². The number of hydrogen-bond acceptors (Lipinski definition) is 8. The van der Waals surface area contributed by atoms with Crippen molar-refractivity contribution in [2.45, 2.75) is 45.3 Å². The fourth-order valence-electron chi connectivity index (χ4n) is 4.07. The zero-order valence-electron chi connectivity index (χ0n) is 21.7. The van der Waals surface area contributed by atoms with Crippen molar-refractivity contribution in [3.63, 3.8) is 0 Å². The number of halogens is 1. The van der Waals surface area contributed by atoms with Gasteiger partial charge in [-0.2, -0.15) is 0 Å². The molecule has 0 saturated carbocycles. The number of guanidine groups is 1. The van der Waals surface area contributed by atoms with E-state index in [4.69, 9.17) is 13.9 Å². The lowest BCUT2D eigenvalue weighted by Crippen LogP contribution is -2.43. The first kappa shape index (κ1) is 29.5. The van der Waals surface area contributed by atoms with Crippen LogP contribution in [0.4, 0.5) is 4.79 Å². The first-order valence-corrected chi connectivity index (χ1v) is 12.7. The van der Waals surface area contributed by atoms with Gasteiger partial charge in [-0.05, 0) is 37.0 Å². The monoisotopic (exact) mass is 556 g/mol. The van der Waals surface area contributed by atoms with Gasteiger partial charge in [0.05, 0.1) is 12.9 Å². The Morgan fingerprint density at radius 3 is 2.67 bits per heavy atom. The van der Waals surface area contributed by atoms with Crippen molar-refractivity contribution in [1.82, 2.24) is 16.0 Å². The average Bonchev–Trinajstić information content (AvgIpc) is 3.33. The Morgan fingerprint density at radius 2 is 1.92 bits per heavy atom. The van der Waals surface area contributed by atoms with Crippen LogP contribution in [0.2, 0.25) is 0 Å². The van der Waals surface area contributed by atoms with E-state index >= 15 is 0 Å². The second-order valence-electron chi connectivity index (χ2n) is 8.85. The molecule has 0 aliphatic carbocycles. The highest BCUT2D eigenvalue weighted by molar-refractivity contribution is 5.97. The van der Waals surface area contributed by atoms with Crippen molar-refractivity contribution < 1.29 is 28.3 Å². The molecule has 1 aliphatic heterocycles. The Morgan fingerprint density at radius 1 is 1.10 bits per heavy atom. The maximum atomic E-state index is 12.6. The first-order valence-electron chi connectivity index (χ1n) is 12.7. The van der Waals surface area contributed by atoms with E-state index in [2.05, 4.69) is 20.9 Å². The molecule has 3 N–H and O–H groups in total. The van der Waals surface area contributed by atoms with Crippen molar-refractivity contribution in [2.24, 2.45) is 4.99 Å². The number of aliphatic imine (C=N–C) groups is 1. The summed E-state index contributed by atoms with van der Waals surface area (Å²) in [5, 5.41) is 10.1. The molecule has 1 aromatic heterocycles. The molecule has 0 radical (unpaired) electrons. The van der Waals surface area contributed by atoms with E-state index in [0.717, 1.165) is 34.9 Å². The summed E-state index contributed by atoms with van der Waals surface area (Å²) in [6, 6.07) is 14.0. The molecule has 10 nitrogen and oxygen atoms in total. The predicted molar refractivity (Wildman–Crippen MR) is 149 cm³/mol. The van der Waals surface area contributed by atoms with Gasteiger partial charge >= 0.3 is 12.1 Å². The number of hydrogen-bond donors (Lipinski definition) is 3. The Hall–Kier alpha value is -4.05. The van der Waals surface area contributed by atoms with Crippen LogP contribution in [-0.2, 0) is 38.5 Å². The number of furan rings is 1. The minimum atomic E-state index is -0.979. The third-order valence-electron chi connectivity index (χ3n) is 6.01. The zero-order chi connectivity index (χ0) is 26.7. The van der Waals surface area contributed by atoms with Crippen LogP contribution in [0.5, 0.6) is 0 Å². The smallest absolute Gasteiger partial charge is 0.408 e. The number of alkyl carbamates (subject to hydrolysis) is 1. The molecular formula is C28H33ClN4O6. The first-order chi connectivity index (χ1) is 18.5. The minimum Gasteiger partial charge on any atom is -0.468 e. The fourth-order valence-corrected chi connectivity index (χ4v) is 4.07. The lowest BCUT2D eigenvalue weighted by Gasteiger charge is -2.16. The van der Waals surface area contributed by atoms with Gasteiger partial charge in [0, 0.05) is 36.7 Å². The van der Waals surface area contributed by atoms with Crippen LogP contribution in [-0.4, -0.2) is 49.7 Å². The number of rotatable bonds is 10. The highest BCUT2D eigenvalue weighted by atomic mass is 35.5. The van der Waals surface area contributed by atoms with Crippen LogP contribution in [0.25, 0.3) is 10.8 Å². The second kappa shape index (κ2) is 14.8. The quantitative estimate of drug-likeness (QED) is 0.325. The third-order valence-corrected chi connectivity index (χ3v) is 6.01. The molecule has 2 aromatic carbocycles. The van der Waals surface area contributed by atoms with Crippen LogP contribution in [0, 0.1) is 0 Å². The molecule has 0 bridgehead atoms. The van der Waals surface area contributed by atoms with E-state index in [1.165, 1.54) is 0 Å². The summed E-state index contributed by atoms with van der Waals surface area (Å²) in [7, 11) is 0. The molecule has 0 spiro atoms. The van der Waals surface area contributed by atoms with Gasteiger partial charge in [-0.15, -0.1) is 12.4 Å². The topological polar surface area (TPSA) is 131 Å². The Bertz CT molecular complexity index is 1290. The third kappa shape index (κ3) is 8.75. The molecule has 2 heterocycles. The van der Waals surface area contributed by atoms with Gasteiger partial charge in [0.1, 0.15) is 18.4 Å². The summed E-state index contributed by atoms with van der Waals surface area (Å²) < 4.78 is 16.2. The van der Waals surface area contributed by atoms with Crippen molar-refractivity contribution in [2.75, 3.05) is 19.7 Å². The number of fused-ring (bicyclic) bond motifs is 1. The summed E-state index contributed by atoms with van der Waals surface area (Å²) in [4.78, 5) is 41.5. The summed E-state index contributed by atoms with van der Waals surface area (Å²) in [6.07, 6.45) is 2.80. The lowest BCUT2D eigenvalue weighted by atomic mass is 10.0. The summed E-state index contributed by atoms with van der Waals surface area (Å²) in [6.45, 7) is 3.47. The SMILES string of the molecule is CCOC(=O)C(Cc1occ2cc(CCC(=O)NC3=NCCCN3)ccc12)NC(=O)OCc1ccccc1.Cl. The fraction of sp³-hybridized carbons (Fsp3) is 0.357. The van der Waals surface area contributed by atoms with Gasteiger partial charge in [0.25, 0.3) is 0 Å².